The summed E-state index contributed by atoms with van der Waals surface area (Å²) in [5, 5.41) is 7.29. The van der Waals surface area contributed by atoms with Crippen LogP contribution in [-0.2, 0) is 0 Å². The average molecular weight is 259 g/mol. The highest BCUT2D eigenvalue weighted by atomic mass is 16.5. The molecule has 100 valence electrons. The van der Waals surface area contributed by atoms with E-state index in [9.17, 15) is 0 Å². The second-order valence-electron chi connectivity index (χ2n) is 4.87. The Morgan fingerprint density at radius 2 is 1.84 bits per heavy atom. The summed E-state index contributed by atoms with van der Waals surface area (Å²) in [6.45, 7) is 0. The van der Waals surface area contributed by atoms with Gasteiger partial charge in [-0.25, -0.2) is 9.97 Å². The summed E-state index contributed by atoms with van der Waals surface area (Å²) in [7, 11) is 2.02. The highest BCUT2D eigenvalue weighted by Crippen LogP contribution is 2.32. The fourth-order valence-corrected chi connectivity index (χ4v) is 2.54. The number of nitrogens with one attached hydrogen (secondary N) is 1. The fraction of sp³-hybridized carbons (Fsp3) is 0.538. The summed E-state index contributed by atoms with van der Waals surface area (Å²) in [6, 6.07) is 2.39. The Morgan fingerprint density at radius 3 is 2.53 bits per heavy atom. The molecule has 2 aromatic rings. The van der Waals surface area contributed by atoms with Crippen LogP contribution in [0.5, 0.6) is 0 Å². The second kappa shape index (κ2) is 5.44. The lowest BCUT2D eigenvalue weighted by molar-refractivity contribution is 0.288. The molecule has 1 N–H and O–H groups in total. The Labute approximate surface area is 111 Å². The van der Waals surface area contributed by atoms with E-state index < -0.39 is 0 Å². The maximum absolute atomic E-state index is 5.37. The first-order chi connectivity index (χ1) is 9.36. The molecule has 0 aromatic carbocycles. The quantitative estimate of drug-likeness (QED) is 0.905. The van der Waals surface area contributed by atoms with Gasteiger partial charge in [-0.1, -0.05) is 5.16 Å². The van der Waals surface area contributed by atoms with Crippen LogP contribution < -0.4 is 5.32 Å². The van der Waals surface area contributed by atoms with Crippen LogP contribution in [0.3, 0.4) is 0 Å². The molecule has 2 heterocycles. The molecule has 1 saturated carbocycles. The molecule has 1 aliphatic carbocycles. The van der Waals surface area contributed by atoms with Gasteiger partial charge in [0.2, 0.25) is 17.5 Å². The summed E-state index contributed by atoms with van der Waals surface area (Å²) in [6.07, 6.45) is 7.83. The third-order valence-corrected chi connectivity index (χ3v) is 3.69. The standard InChI is InChI=1S/C13H17N5O/c1-14-10-5-3-9(4-6-10)13-17-12(18-19-13)11-15-7-2-8-16-11/h2,7-10,14H,3-6H2,1H3. The Balaban J connectivity index is 1.72. The summed E-state index contributed by atoms with van der Waals surface area (Å²) < 4.78 is 5.37. The second-order valence-corrected chi connectivity index (χ2v) is 4.87. The lowest BCUT2D eigenvalue weighted by Gasteiger charge is -2.25. The van der Waals surface area contributed by atoms with E-state index in [4.69, 9.17) is 4.52 Å². The lowest BCUT2D eigenvalue weighted by atomic mass is 9.86. The Kier molecular flexibility index (Phi) is 3.50. The topological polar surface area (TPSA) is 76.7 Å². The van der Waals surface area contributed by atoms with Gasteiger partial charge in [0.1, 0.15) is 0 Å². The molecule has 2 aromatic heterocycles. The lowest BCUT2D eigenvalue weighted by Crippen LogP contribution is -2.29. The van der Waals surface area contributed by atoms with E-state index >= 15 is 0 Å². The van der Waals surface area contributed by atoms with E-state index in [1.54, 1.807) is 18.5 Å². The summed E-state index contributed by atoms with van der Waals surface area (Å²) in [5.41, 5.74) is 0. The molecule has 3 rings (SSSR count). The molecule has 0 saturated heterocycles. The Bertz CT molecular complexity index is 519. The maximum Gasteiger partial charge on any atom is 0.240 e. The van der Waals surface area contributed by atoms with Crippen LogP contribution >= 0.6 is 0 Å². The number of nitrogens with zero attached hydrogens (tertiary/aromatic N) is 4. The van der Waals surface area contributed by atoms with Crippen molar-refractivity contribution < 1.29 is 4.52 Å². The van der Waals surface area contributed by atoms with Crippen LogP contribution in [0.1, 0.15) is 37.5 Å². The first kappa shape index (κ1) is 12.2. The van der Waals surface area contributed by atoms with Gasteiger partial charge in [0.05, 0.1) is 0 Å². The summed E-state index contributed by atoms with van der Waals surface area (Å²) in [5.74, 6) is 2.08. The first-order valence-corrected chi connectivity index (χ1v) is 6.65. The molecule has 0 atom stereocenters. The summed E-state index contributed by atoms with van der Waals surface area (Å²) in [4.78, 5) is 12.7. The van der Waals surface area contributed by atoms with Crippen LogP contribution in [0.25, 0.3) is 11.6 Å². The zero-order valence-corrected chi connectivity index (χ0v) is 10.9. The SMILES string of the molecule is CNC1CCC(c2nc(-c3ncccn3)no2)CC1. The molecule has 0 radical (unpaired) electrons. The predicted molar refractivity (Wildman–Crippen MR) is 69.4 cm³/mol. The first-order valence-electron chi connectivity index (χ1n) is 6.65. The molecule has 0 aliphatic heterocycles. The highest BCUT2D eigenvalue weighted by Gasteiger charge is 2.26. The number of hydrogen-bond donors (Lipinski definition) is 1. The van der Waals surface area contributed by atoms with E-state index in [1.807, 2.05) is 7.05 Å². The molecular weight excluding hydrogens is 242 g/mol. The largest absolute Gasteiger partial charge is 0.339 e. The van der Waals surface area contributed by atoms with E-state index in [0.29, 0.717) is 23.6 Å². The normalized spacial score (nSPS) is 23.4. The minimum atomic E-state index is 0.370. The van der Waals surface area contributed by atoms with Crippen LogP contribution in [0.15, 0.2) is 23.0 Å². The van der Waals surface area contributed by atoms with Crippen molar-refractivity contribution in [2.45, 2.75) is 37.6 Å². The number of hydrogen-bond acceptors (Lipinski definition) is 6. The molecule has 1 aliphatic rings. The van der Waals surface area contributed by atoms with Gasteiger partial charge >= 0.3 is 0 Å². The van der Waals surface area contributed by atoms with E-state index in [-0.39, 0.29) is 0 Å². The van der Waals surface area contributed by atoms with Crippen molar-refractivity contribution in [3.05, 3.63) is 24.4 Å². The van der Waals surface area contributed by atoms with Crippen molar-refractivity contribution in [3.63, 3.8) is 0 Å². The van der Waals surface area contributed by atoms with Crippen molar-refractivity contribution in [2.24, 2.45) is 0 Å². The third-order valence-electron chi connectivity index (χ3n) is 3.69. The van der Waals surface area contributed by atoms with Crippen LogP contribution in [0, 0.1) is 0 Å². The minimum Gasteiger partial charge on any atom is -0.339 e. The zero-order chi connectivity index (χ0) is 13.1. The smallest absolute Gasteiger partial charge is 0.240 e. The zero-order valence-electron chi connectivity index (χ0n) is 10.9. The van der Waals surface area contributed by atoms with Crippen molar-refractivity contribution >= 4 is 0 Å². The molecule has 1 fully saturated rings. The van der Waals surface area contributed by atoms with Crippen LogP contribution in [-0.4, -0.2) is 33.2 Å². The van der Waals surface area contributed by atoms with Crippen molar-refractivity contribution in [1.29, 1.82) is 0 Å². The van der Waals surface area contributed by atoms with Gasteiger partial charge in [0.25, 0.3) is 0 Å². The monoisotopic (exact) mass is 259 g/mol. The van der Waals surface area contributed by atoms with Crippen molar-refractivity contribution in [2.75, 3.05) is 7.05 Å². The van der Waals surface area contributed by atoms with Gasteiger partial charge in [-0.3, -0.25) is 0 Å². The van der Waals surface area contributed by atoms with Crippen LogP contribution in [0.2, 0.25) is 0 Å². The molecule has 0 amide bonds. The van der Waals surface area contributed by atoms with Crippen LogP contribution in [0.4, 0.5) is 0 Å². The number of aromatic nitrogens is 4. The van der Waals surface area contributed by atoms with Gasteiger partial charge in [0.15, 0.2) is 0 Å². The van der Waals surface area contributed by atoms with Crippen molar-refractivity contribution in [3.8, 4) is 11.6 Å². The Morgan fingerprint density at radius 1 is 1.11 bits per heavy atom. The van der Waals surface area contributed by atoms with Gasteiger partial charge in [-0.15, -0.1) is 0 Å². The molecule has 6 heteroatoms. The average Bonchev–Trinajstić information content (AvgIpc) is 2.98. The predicted octanol–water partition coefficient (Wildman–Crippen LogP) is 1.77. The van der Waals surface area contributed by atoms with Gasteiger partial charge in [-0.2, -0.15) is 4.98 Å². The fourth-order valence-electron chi connectivity index (χ4n) is 2.54. The Hall–Kier alpha value is -1.82. The van der Waals surface area contributed by atoms with Crippen molar-refractivity contribution in [1.82, 2.24) is 25.4 Å². The molecule has 0 spiro atoms. The molecule has 0 bridgehead atoms. The molecule has 6 nitrogen and oxygen atoms in total. The molecule has 19 heavy (non-hydrogen) atoms. The highest BCUT2D eigenvalue weighted by molar-refractivity contribution is 5.40. The number of rotatable bonds is 3. The van der Waals surface area contributed by atoms with Gasteiger partial charge in [-0.05, 0) is 38.8 Å². The molecule has 0 unspecified atom stereocenters. The van der Waals surface area contributed by atoms with Gasteiger partial charge in [0, 0.05) is 24.4 Å². The minimum absolute atomic E-state index is 0.370. The van der Waals surface area contributed by atoms with Gasteiger partial charge < -0.3 is 9.84 Å². The summed E-state index contributed by atoms with van der Waals surface area (Å²) >= 11 is 0. The van der Waals surface area contributed by atoms with E-state index in [1.165, 1.54) is 0 Å². The molecular formula is C13H17N5O. The van der Waals surface area contributed by atoms with E-state index in [2.05, 4.69) is 25.4 Å². The van der Waals surface area contributed by atoms with E-state index in [0.717, 1.165) is 31.6 Å². The third kappa shape index (κ3) is 2.63. The maximum atomic E-state index is 5.37.